The second kappa shape index (κ2) is 10.5. The van der Waals surface area contributed by atoms with Gasteiger partial charge in [0.2, 0.25) is 5.91 Å². The molecule has 166 valence electrons. The number of anilines is 1. The number of benzene rings is 1. The first-order chi connectivity index (χ1) is 15.2. The number of carbonyl (C=O) groups excluding carboxylic acids is 2. The van der Waals surface area contributed by atoms with E-state index >= 15 is 0 Å². The number of rotatable bonds is 7. The van der Waals surface area contributed by atoms with Gasteiger partial charge in [0.05, 0.1) is 19.5 Å². The molecule has 8 nitrogen and oxygen atoms in total. The van der Waals surface area contributed by atoms with E-state index in [0.717, 1.165) is 58.8 Å². The molecule has 2 aliphatic heterocycles. The molecule has 2 aliphatic rings. The van der Waals surface area contributed by atoms with Crippen LogP contribution in [0.25, 0.3) is 0 Å². The summed E-state index contributed by atoms with van der Waals surface area (Å²) < 4.78 is 7.29. The molecule has 0 spiro atoms. The molecule has 0 radical (unpaired) electrons. The molecule has 2 fully saturated rings. The summed E-state index contributed by atoms with van der Waals surface area (Å²) in [6.45, 7) is 6.93. The van der Waals surface area contributed by atoms with E-state index in [1.54, 1.807) is 18.6 Å². The lowest BCUT2D eigenvalue weighted by Crippen LogP contribution is -2.44. The standard InChI is InChI=1S/C23H31N5O3/c29-22(6-8-27-11-7-24-18-27)25-21-3-1-2-20(16-21)23(30)28-9-4-19(5-10-28)17-26-12-14-31-15-13-26/h1-3,7,11,16,18-19H,4-6,8-10,12-15,17H2,(H,25,29). The van der Waals surface area contributed by atoms with Crippen LogP contribution in [-0.4, -0.2) is 77.1 Å². The maximum absolute atomic E-state index is 13.0. The second-order valence-corrected chi connectivity index (χ2v) is 8.33. The summed E-state index contributed by atoms with van der Waals surface area (Å²) in [4.78, 5) is 33.6. The molecule has 2 aromatic rings. The van der Waals surface area contributed by atoms with Crippen molar-refractivity contribution < 1.29 is 14.3 Å². The predicted molar refractivity (Wildman–Crippen MR) is 118 cm³/mol. The third-order valence-corrected chi connectivity index (χ3v) is 6.07. The van der Waals surface area contributed by atoms with E-state index in [0.29, 0.717) is 30.1 Å². The average molecular weight is 426 g/mol. The molecule has 1 N–H and O–H groups in total. The SMILES string of the molecule is O=C(CCn1ccnc1)Nc1cccc(C(=O)N2CCC(CN3CCOCC3)CC2)c1. The number of likely N-dealkylation sites (tertiary alicyclic amines) is 1. The van der Waals surface area contributed by atoms with Crippen LogP contribution in [0, 0.1) is 5.92 Å². The molecule has 0 aliphatic carbocycles. The molecule has 8 heteroatoms. The first-order valence-corrected chi connectivity index (χ1v) is 11.1. The topological polar surface area (TPSA) is 79.7 Å². The van der Waals surface area contributed by atoms with Gasteiger partial charge in [0.1, 0.15) is 0 Å². The van der Waals surface area contributed by atoms with Crippen LogP contribution in [0.1, 0.15) is 29.6 Å². The zero-order valence-corrected chi connectivity index (χ0v) is 17.9. The van der Waals surface area contributed by atoms with Crippen LogP contribution in [0.5, 0.6) is 0 Å². The summed E-state index contributed by atoms with van der Waals surface area (Å²) >= 11 is 0. The number of hydrogen-bond acceptors (Lipinski definition) is 5. The van der Waals surface area contributed by atoms with Gasteiger partial charge in [-0.1, -0.05) is 6.07 Å². The molecule has 2 amide bonds. The summed E-state index contributed by atoms with van der Waals surface area (Å²) in [6.07, 6.45) is 7.64. The van der Waals surface area contributed by atoms with Crippen molar-refractivity contribution in [2.24, 2.45) is 5.92 Å². The molecule has 0 unspecified atom stereocenters. The average Bonchev–Trinajstić information content (AvgIpc) is 3.32. The second-order valence-electron chi connectivity index (χ2n) is 8.33. The summed E-state index contributed by atoms with van der Waals surface area (Å²) in [5.41, 5.74) is 1.28. The fourth-order valence-electron chi connectivity index (χ4n) is 4.25. The lowest BCUT2D eigenvalue weighted by Gasteiger charge is -2.36. The van der Waals surface area contributed by atoms with Crippen molar-refractivity contribution in [3.8, 4) is 0 Å². The van der Waals surface area contributed by atoms with Crippen LogP contribution in [0.15, 0.2) is 43.0 Å². The molecular formula is C23H31N5O3. The number of hydrogen-bond donors (Lipinski definition) is 1. The van der Waals surface area contributed by atoms with Crippen LogP contribution in [0.3, 0.4) is 0 Å². The van der Waals surface area contributed by atoms with Crippen molar-refractivity contribution in [1.82, 2.24) is 19.4 Å². The minimum absolute atomic E-state index is 0.0411. The molecule has 1 aromatic heterocycles. The normalized spacial score (nSPS) is 18.1. The Bertz CT molecular complexity index is 856. The highest BCUT2D eigenvalue weighted by Gasteiger charge is 2.25. The smallest absolute Gasteiger partial charge is 0.253 e. The number of amides is 2. The Morgan fingerprint density at radius 1 is 1.13 bits per heavy atom. The maximum atomic E-state index is 13.0. The molecule has 0 bridgehead atoms. The van der Waals surface area contributed by atoms with Gasteiger partial charge in [-0.05, 0) is 37.0 Å². The summed E-state index contributed by atoms with van der Waals surface area (Å²) in [5, 5.41) is 2.90. The monoisotopic (exact) mass is 425 g/mol. The van der Waals surface area contributed by atoms with Gasteiger partial charge in [-0.15, -0.1) is 0 Å². The number of piperidine rings is 1. The number of nitrogens with zero attached hydrogens (tertiary/aromatic N) is 4. The van der Waals surface area contributed by atoms with E-state index in [1.807, 2.05) is 33.9 Å². The van der Waals surface area contributed by atoms with Gasteiger partial charge < -0.3 is 19.5 Å². The van der Waals surface area contributed by atoms with E-state index in [-0.39, 0.29) is 11.8 Å². The van der Waals surface area contributed by atoms with Crippen molar-refractivity contribution in [3.05, 3.63) is 48.5 Å². The lowest BCUT2D eigenvalue weighted by atomic mass is 9.95. The minimum atomic E-state index is -0.0813. The van der Waals surface area contributed by atoms with Gasteiger partial charge in [-0.3, -0.25) is 14.5 Å². The molecule has 31 heavy (non-hydrogen) atoms. The van der Waals surface area contributed by atoms with E-state index < -0.39 is 0 Å². The Balaban J connectivity index is 1.25. The Morgan fingerprint density at radius 2 is 1.94 bits per heavy atom. The highest BCUT2D eigenvalue weighted by Crippen LogP contribution is 2.21. The summed E-state index contributed by atoms with van der Waals surface area (Å²) in [6, 6.07) is 7.24. The lowest BCUT2D eigenvalue weighted by molar-refractivity contribution is -0.116. The van der Waals surface area contributed by atoms with Gasteiger partial charge in [0.25, 0.3) is 5.91 Å². The number of carbonyl (C=O) groups is 2. The first kappa shape index (κ1) is 21.5. The molecule has 4 rings (SSSR count). The number of aromatic nitrogens is 2. The number of imidazole rings is 1. The molecular weight excluding hydrogens is 394 g/mol. The van der Waals surface area contributed by atoms with Crippen molar-refractivity contribution in [3.63, 3.8) is 0 Å². The largest absolute Gasteiger partial charge is 0.379 e. The van der Waals surface area contributed by atoms with Gasteiger partial charge in [-0.2, -0.15) is 0 Å². The van der Waals surface area contributed by atoms with Gasteiger partial charge >= 0.3 is 0 Å². The Labute approximate surface area is 183 Å². The fraction of sp³-hybridized carbons (Fsp3) is 0.522. The van der Waals surface area contributed by atoms with E-state index in [9.17, 15) is 9.59 Å². The van der Waals surface area contributed by atoms with Gasteiger partial charge in [0, 0.05) is 69.3 Å². The Morgan fingerprint density at radius 3 is 2.68 bits per heavy atom. The zero-order chi connectivity index (χ0) is 21.5. The summed E-state index contributed by atoms with van der Waals surface area (Å²) in [7, 11) is 0. The minimum Gasteiger partial charge on any atom is -0.379 e. The number of morpholine rings is 1. The van der Waals surface area contributed by atoms with E-state index in [1.165, 1.54) is 0 Å². The molecule has 0 atom stereocenters. The van der Waals surface area contributed by atoms with E-state index in [2.05, 4.69) is 15.2 Å². The van der Waals surface area contributed by atoms with Crippen molar-refractivity contribution in [2.45, 2.75) is 25.8 Å². The maximum Gasteiger partial charge on any atom is 0.253 e. The number of ether oxygens (including phenoxy) is 1. The zero-order valence-electron chi connectivity index (χ0n) is 17.9. The van der Waals surface area contributed by atoms with Gasteiger partial charge in [0.15, 0.2) is 0 Å². The summed E-state index contributed by atoms with van der Waals surface area (Å²) in [5.74, 6) is 0.602. The van der Waals surface area contributed by atoms with Crippen LogP contribution in [0.4, 0.5) is 5.69 Å². The van der Waals surface area contributed by atoms with E-state index in [4.69, 9.17) is 4.74 Å². The van der Waals surface area contributed by atoms with Crippen molar-refractivity contribution in [1.29, 1.82) is 0 Å². The van der Waals surface area contributed by atoms with Crippen molar-refractivity contribution >= 4 is 17.5 Å². The Hall–Kier alpha value is -2.71. The highest BCUT2D eigenvalue weighted by molar-refractivity contribution is 5.97. The van der Waals surface area contributed by atoms with Crippen LogP contribution in [0.2, 0.25) is 0 Å². The first-order valence-electron chi connectivity index (χ1n) is 11.1. The number of aryl methyl sites for hydroxylation is 1. The van der Waals surface area contributed by atoms with Crippen LogP contribution >= 0.6 is 0 Å². The molecule has 0 saturated carbocycles. The molecule has 3 heterocycles. The van der Waals surface area contributed by atoms with Gasteiger partial charge in [-0.25, -0.2) is 4.98 Å². The highest BCUT2D eigenvalue weighted by atomic mass is 16.5. The molecule has 1 aromatic carbocycles. The van der Waals surface area contributed by atoms with Crippen LogP contribution in [-0.2, 0) is 16.1 Å². The number of nitrogens with one attached hydrogen (secondary N) is 1. The predicted octanol–water partition coefficient (Wildman–Crippen LogP) is 2.10. The van der Waals surface area contributed by atoms with Crippen LogP contribution < -0.4 is 5.32 Å². The third kappa shape index (κ3) is 6.15. The third-order valence-electron chi connectivity index (χ3n) is 6.07. The van der Waals surface area contributed by atoms with Crippen molar-refractivity contribution in [2.75, 3.05) is 51.3 Å². The molecule has 2 saturated heterocycles. The quantitative estimate of drug-likeness (QED) is 0.735. The fourth-order valence-corrected chi connectivity index (χ4v) is 4.25. The Kier molecular flexibility index (Phi) is 7.32.